The molecule has 3 heterocycles. The summed E-state index contributed by atoms with van der Waals surface area (Å²) < 4.78 is 6.15. The quantitative estimate of drug-likeness (QED) is 0.910. The second-order valence-corrected chi connectivity index (χ2v) is 7.10. The van der Waals surface area contributed by atoms with E-state index in [1.54, 1.807) is 0 Å². The van der Waals surface area contributed by atoms with E-state index in [2.05, 4.69) is 10.2 Å². The topological polar surface area (TPSA) is 61.5 Å². The van der Waals surface area contributed by atoms with Gasteiger partial charge in [0.2, 0.25) is 0 Å². The summed E-state index contributed by atoms with van der Waals surface area (Å²) in [6, 6.07) is 7.79. The molecule has 1 spiro atoms. The van der Waals surface area contributed by atoms with Gasteiger partial charge in [0.15, 0.2) is 0 Å². The number of aromatic nitrogens is 2. The predicted molar refractivity (Wildman–Crippen MR) is 95.8 cm³/mol. The molecule has 0 radical (unpaired) electrons. The third kappa shape index (κ3) is 2.80. The van der Waals surface area contributed by atoms with Crippen molar-refractivity contribution < 1.29 is 9.53 Å². The number of fused-ring (bicyclic) bond motifs is 2. The number of H-pyrrole nitrogens is 1. The van der Waals surface area contributed by atoms with E-state index in [0.29, 0.717) is 13.1 Å². The Hall–Kier alpha value is -2.34. The first-order chi connectivity index (χ1) is 12.1. The van der Waals surface area contributed by atoms with Crippen LogP contribution < -0.4 is 4.90 Å². The van der Waals surface area contributed by atoms with Gasteiger partial charge in [-0.15, -0.1) is 0 Å². The molecule has 0 bridgehead atoms. The van der Waals surface area contributed by atoms with Crippen molar-refractivity contribution in [1.29, 1.82) is 0 Å². The van der Waals surface area contributed by atoms with Crippen molar-refractivity contribution in [3.63, 3.8) is 0 Å². The summed E-state index contributed by atoms with van der Waals surface area (Å²) in [5.74, 6) is 0.0980. The van der Waals surface area contributed by atoms with E-state index >= 15 is 0 Å². The average molecular weight is 340 g/mol. The number of likely N-dealkylation sites (tertiary alicyclic amines) is 1. The Morgan fingerprint density at radius 1 is 1.24 bits per heavy atom. The van der Waals surface area contributed by atoms with Crippen LogP contribution in [0.25, 0.3) is 0 Å². The van der Waals surface area contributed by atoms with Gasteiger partial charge in [0.1, 0.15) is 5.60 Å². The zero-order chi connectivity index (χ0) is 17.4. The first kappa shape index (κ1) is 16.1. The van der Waals surface area contributed by atoms with Crippen molar-refractivity contribution in [2.75, 3.05) is 38.7 Å². The van der Waals surface area contributed by atoms with Crippen LogP contribution in [0.2, 0.25) is 0 Å². The lowest BCUT2D eigenvalue weighted by atomic mass is 9.83. The molecule has 1 fully saturated rings. The SMILES string of the molecule is CN(C)c1ccc(C(=O)N2CCC3(CC2)OCCc2cn[nH]c23)cc1. The minimum absolute atomic E-state index is 0.0980. The van der Waals surface area contributed by atoms with Crippen LogP contribution in [0, 0.1) is 0 Å². The highest BCUT2D eigenvalue weighted by Gasteiger charge is 2.43. The number of aromatic amines is 1. The molecular formula is C19H24N4O2. The summed E-state index contributed by atoms with van der Waals surface area (Å²) in [6.45, 7) is 2.13. The number of anilines is 1. The Bertz CT molecular complexity index is 758. The van der Waals surface area contributed by atoms with Crippen LogP contribution >= 0.6 is 0 Å². The standard InChI is InChI=1S/C19H24N4O2/c1-22(2)16-5-3-14(4-6-16)18(24)23-10-8-19(9-11-23)17-15(7-12-25-19)13-20-21-17/h3-6,13H,7-12H2,1-2H3,(H,20,21). The lowest BCUT2D eigenvalue weighted by molar-refractivity contribution is -0.0962. The molecule has 0 atom stereocenters. The van der Waals surface area contributed by atoms with Gasteiger partial charge in [0.05, 0.1) is 18.5 Å². The molecule has 1 amide bonds. The third-order valence-electron chi connectivity index (χ3n) is 5.41. The molecule has 4 rings (SSSR count). The number of benzene rings is 1. The maximum atomic E-state index is 12.8. The van der Waals surface area contributed by atoms with Gasteiger partial charge < -0.3 is 14.5 Å². The van der Waals surface area contributed by atoms with Gasteiger partial charge in [-0.1, -0.05) is 0 Å². The van der Waals surface area contributed by atoms with Crippen LogP contribution in [0.4, 0.5) is 5.69 Å². The number of nitrogens with zero attached hydrogens (tertiary/aromatic N) is 3. The molecule has 0 aliphatic carbocycles. The second-order valence-electron chi connectivity index (χ2n) is 7.10. The molecule has 2 aromatic rings. The Morgan fingerprint density at radius 2 is 1.96 bits per heavy atom. The number of nitrogens with one attached hydrogen (secondary N) is 1. The summed E-state index contributed by atoms with van der Waals surface area (Å²) in [6.07, 6.45) is 4.44. The number of carbonyl (C=O) groups is 1. The molecule has 1 N–H and O–H groups in total. The number of hydrogen-bond donors (Lipinski definition) is 1. The molecule has 6 heteroatoms. The van der Waals surface area contributed by atoms with Crippen molar-refractivity contribution in [1.82, 2.24) is 15.1 Å². The highest BCUT2D eigenvalue weighted by atomic mass is 16.5. The lowest BCUT2D eigenvalue weighted by Gasteiger charge is -2.43. The van der Waals surface area contributed by atoms with Crippen LogP contribution in [0.3, 0.4) is 0 Å². The van der Waals surface area contributed by atoms with Gasteiger partial charge in [-0.25, -0.2) is 0 Å². The Morgan fingerprint density at radius 3 is 2.64 bits per heavy atom. The molecule has 2 aliphatic heterocycles. The summed E-state index contributed by atoms with van der Waals surface area (Å²) >= 11 is 0. The predicted octanol–water partition coefficient (Wildman–Crippen LogP) is 2.18. The summed E-state index contributed by atoms with van der Waals surface area (Å²) in [7, 11) is 3.99. The van der Waals surface area contributed by atoms with Crippen LogP contribution in [0.15, 0.2) is 30.5 Å². The number of rotatable bonds is 2. The van der Waals surface area contributed by atoms with E-state index in [0.717, 1.165) is 42.8 Å². The van der Waals surface area contributed by atoms with Gasteiger partial charge in [0.25, 0.3) is 5.91 Å². The van der Waals surface area contributed by atoms with E-state index in [4.69, 9.17) is 4.74 Å². The molecule has 1 aromatic carbocycles. The van der Waals surface area contributed by atoms with E-state index in [1.165, 1.54) is 5.56 Å². The molecular weight excluding hydrogens is 316 g/mol. The van der Waals surface area contributed by atoms with Crippen LogP contribution in [0.1, 0.15) is 34.5 Å². The van der Waals surface area contributed by atoms with Gasteiger partial charge in [-0.05, 0) is 49.1 Å². The van der Waals surface area contributed by atoms with Crippen molar-refractivity contribution in [2.24, 2.45) is 0 Å². The number of ether oxygens (including phenoxy) is 1. The van der Waals surface area contributed by atoms with Crippen molar-refractivity contribution in [2.45, 2.75) is 24.9 Å². The molecule has 1 saturated heterocycles. The maximum Gasteiger partial charge on any atom is 0.253 e. The number of piperidine rings is 1. The van der Waals surface area contributed by atoms with Crippen LogP contribution in [0.5, 0.6) is 0 Å². The minimum Gasteiger partial charge on any atom is -0.378 e. The highest BCUT2D eigenvalue weighted by molar-refractivity contribution is 5.94. The smallest absolute Gasteiger partial charge is 0.253 e. The fourth-order valence-electron chi connectivity index (χ4n) is 3.87. The van der Waals surface area contributed by atoms with Gasteiger partial charge >= 0.3 is 0 Å². The summed E-state index contributed by atoms with van der Waals surface area (Å²) in [4.78, 5) is 16.8. The van der Waals surface area contributed by atoms with Crippen molar-refractivity contribution in [3.8, 4) is 0 Å². The summed E-state index contributed by atoms with van der Waals surface area (Å²) in [5, 5.41) is 7.32. The van der Waals surface area contributed by atoms with E-state index in [-0.39, 0.29) is 11.5 Å². The zero-order valence-corrected chi connectivity index (χ0v) is 14.8. The largest absolute Gasteiger partial charge is 0.378 e. The number of amides is 1. The fraction of sp³-hybridized carbons (Fsp3) is 0.474. The molecule has 0 saturated carbocycles. The second kappa shape index (κ2) is 6.19. The lowest BCUT2D eigenvalue weighted by Crippen LogP contribution is -2.48. The monoisotopic (exact) mass is 340 g/mol. The first-order valence-electron chi connectivity index (χ1n) is 8.82. The average Bonchev–Trinajstić information content (AvgIpc) is 3.12. The molecule has 2 aliphatic rings. The minimum atomic E-state index is -0.296. The van der Waals surface area contributed by atoms with E-state index < -0.39 is 0 Å². The molecule has 132 valence electrons. The normalized spacial score (nSPS) is 18.9. The van der Waals surface area contributed by atoms with E-state index in [9.17, 15) is 4.79 Å². The molecule has 0 unspecified atom stereocenters. The Balaban J connectivity index is 1.46. The molecule has 6 nitrogen and oxygen atoms in total. The zero-order valence-electron chi connectivity index (χ0n) is 14.8. The Labute approximate surface area is 147 Å². The van der Waals surface area contributed by atoms with Gasteiger partial charge in [-0.2, -0.15) is 5.10 Å². The molecule has 1 aromatic heterocycles. The van der Waals surface area contributed by atoms with Crippen molar-refractivity contribution >= 4 is 11.6 Å². The van der Waals surface area contributed by atoms with Crippen molar-refractivity contribution in [3.05, 3.63) is 47.3 Å². The fourth-order valence-corrected chi connectivity index (χ4v) is 3.87. The van der Waals surface area contributed by atoms with Crippen LogP contribution in [-0.4, -0.2) is 54.8 Å². The summed E-state index contributed by atoms with van der Waals surface area (Å²) in [5.41, 5.74) is 3.91. The number of hydrogen-bond acceptors (Lipinski definition) is 4. The highest BCUT2D eigenvalue weighted by Crippen LogP contribution is 2.40. The first-order valence-corrected chi connectivity index (χ1v) is 8.82. The maximum absolute atomic E-state index is 12.8. The number of carbonyl (C=O) groups excluding carboxylic acids is 1. The Kier molecular flexibility index (Phi) is 4.00. The van der Waals surface area contributed by atoms with E-state index in [1.807, 2.05) is 54.4 Å². The van der Waals surface area contributed by atoms with Gasteiger partial charge in [0, 0.05) is 38.4 Å². The van der Waals surface area contributed by atoms with Gasteiger partial charge in [-0.3, -0.25) is 9.89 Å². The molecule has 25 heavy (non-hydrogen) atoms. The van der Waals surface area contributed by atoms with Crippen LogP contribution in [-0.2, 0) is 16.8 Å². The third-order valence-corrected chi connectivity index (χ3v) is 5.41.